The fraction of sp³-hybridized carbons (Fsp3) is 0.455. The Balaban J connectivity index is 2.27. The molecule has 0 atom stereocenters. The fourth-order valence-electron chi connectivity index (χ4n) is 1.40. The van der Waals surface area contributed by atoms with Gasteiger partial charge in [0.1, 0.15) is 5.82 Å². The van der Waals surface area contributed by atoms with E-state index in [9.17, 15) is 4.79 Å². The lowest BCUT2D eigenvalue weighted by atomic mass is 10.2. The molecule has 0 spiro atoms. The summed E-state index contributed by atoms with van der Waals surface area (Å²) in [5.41, 5.74) is 1.13. The zero-order valence-electron chi connectivity index (χ0n) is 8.66. The molecule has 80 valence electrons. The fourth-order valence-corrected chi connectivity index (χ4v) is 1.40. The van der Waals surface area contributed by atoms with Crippen LogP contribution < -0.4 is 5.32 Å². The molecule has 4 nitrogen and oxygen atoms in total. The molecular weight excluding hydrogens is 192 g/mol. The summed E-state index contributed by atoms with van der Waals surface area (Å²) in [6.45, 7) is 1.97. The van der Waals surface area contributed by atoms with E-state index in [4.69, 9.17) is 5.11 Å². The van der Waals surface area contributed by atoms with Crippen molar-refractivity contribution >= 4 is 11.8 Å². The number of hydrogen-bond acceptors (Lipinski definition) is 3. The summed E-state index contributed by atoms with van der Waals surface area (Å²) in [5.74, 6) is -0.208. The molecule has 0 aromatic carbocycles. The van der Waals surface area contributed by atoms with Crippen LogP contribution in [0.5, 0.6) is 0 Å². The summed E-state index contributed by atoms with van der Waals surface area (Å²) in [6, 6.07) is 3.71. The summed E-state index contributed by atoms with van der Waals surface area (Å²) in [5, 5.41) is 12.1. The lowest BCUT2D eigenvalue weighted by Crippen LogP contribution is -2.07. The summed E-state index contributed by atoms with van der Waals surface area (Å²) in [7, 11) is 0. The molecule has 0 radical (unpaired) electrons. The predicted molar refractivity (Wildman–Crippen MR) is 57.2 cm³/mol. The molecule has 2 rings (SSSR count). The number of aromatic nitrogens is 1. The van der Waals surface area contributed by atoms with Crippen molar-refractivity contribution in [3.05, 3.63) is 23.4 Å². The van der Waals surface area contributed by atoms with E-state index in [1.54, 1.807) is 12.1 Å². The number of nitrogens with one attached hydrogen (secondary N) is 1. The van der Waals surface area contributed by atoms with Gasteiger partial charge in [-0.3, -0.25) is 0 Å². The Kier molecular flexibility index (Phi) is 2.58. The Morgan fingerprint density at radius 1 is 1.60 bits per heavy atom. The zero-order chi connectivity index (χ0) is 10.8. The number of nitrogens with zero attached hydrogens (tertiary/aromatic N) is 1. The normalized spacial score (nSPS) is 15.0. The van der Waals surface area contributed by atoms with Crippen LogP contribution in [-0.4, -0.2) is 22.1 Å². The minimum Gasteiger partial charge on any atom is -0.478 e. The maximum absolute atomic E-state index is 10.9. The van der Waals surface area contributed by atoms with E-state index in [2.05, 4.69) is 10.3 Å². The lowest BCUT2D eigenvalue weighted by molar-refractivity contribution is 0.0696. The minimum atomic E-state index is -0.897. The van der Waals surface area contributed by atoms with Gasteiger partial charge in [0.2, 0.25) is 0 Å². The first kappa shape index (κ1) is 9.96. The molecule has 1 aliphatic rings. The van der Waals surface area contributed by atoms with E-state index in [0.29, 0.717) is 17.4 Å². The summed E-state index contributed by atoms with van der Waals surface area (Å²) in [6.07, 6.45) is 3.06. The molecule has 2 N–H and O–H groups in total. The van der Waals surface area contributed by atoms with Gasteiger partial charge in [-0.1, -0.05) is 6.92 Å². The highest BCUT2D eigenvalue weighted by atomic mass is 16.4. The van der Waals surface area contributed by atoms with Crippen molar-refractivity contribution in [2.24, 2.45) is 0 Å². The largest absolute Gasteiger partial charge is 0.478 e. The van der Waals surface area contributed by atoms with Gasteiger partial charge in [0, 0.05) is 11.7 Å². The first-order valence-corrected chi connectivity index (χ1v) is 5.20. The third-order valence-corrected chi connectivity index (χ3v) is 2.42. The quantitative estimate of drug-likeness (QED) is 0.790. The maximum atomic E-state index is 10.9. The van der Waals surface area contributed by atoms with E-state index in [-0.39, 0.29) is 0 Å². The average molecular weight is 206 g/mol. The standard InChI is InChI=1S/C11H14N2O2/c1-2-8-5-7(11(14)15)6-10(12-8)13-9-3-4-9/h5-6,9H,2-4H2,1H3,(H,12,13)(H,14,15). The third kappa shape index (κ3) is 2.46. The monoisotopic (exact) mass is 206 g/mol. The SMILES string of the molecule is CCc1cc(C(=O)O)cc(NC2CC2)n1. The average Bonchev–Trinajstić information content (AvgIpc) is 3.01. The van der Waals surface area contributed by atoms with Crippen LogP contribution in [0.3, 0.4) is 0 Å². The number of carbonyl (C=O) groups is 1. The molecule has 1 saturated carbocycles. The minimum absolute atomic E-state index is 0.310. The first-order chi connectivity index (χ1) is 7.19. The highest BCUT2D eigenvalue weighted by Crippen LogP contribution is 2.24. The van der Waals surface area contributed by atoms with Crippen LogP contribution in [0, 0.1) is 0 Å². The van der Waals surface area contributed by atoms with E-state index in [0.717, 1.165) is 25.0 Å². The lowest BCUT2D eigenvalue weighted by Gasteiger charge is -2.07. The van der Waals surface area contributed by atoms with Gasteiger partial charge in [-0.2, -0.15) is 0 Å². The highest BCUT2D eigenvalue weighted by Gasteiger charge is 2.21. The van der Waals surface area contributed by atoms with Crippen molar-refractivity contribution in [3.63, 3.8) is 0 Å². The van der Waals surface area contributed by atoms with Crippen LogP contribution in [0.4, 0.5) is 5.82 Å². The highest BCUT2D eigenvalue weighted by molar-refractivity contribution is 5.88. The second kappa shape index (κ2) is 3.88. The van der Waals surface area contributed by atoms with Crippen molar-refractivity contribution in [1.29, 1.82) is 0 Å². The van der Waals surface area contributed by atoms with E-state index >= 15 is 0 Å². The van der Waals surface area contributed by atoms with Crippen molar-refractivity contribution < 1.29 is 9.90 Å². The van der Waals surface area contributed by atoms with Crippen LogP contribution in [0.15, 0.2) is 12.1 Å². The number of aryl methyl sites for hydroxylation is 1. The number of hydrogen-bond donors (Lipinski definition) is 2. The van der Waals surface area contributed by atoms with Gasteiger partial charge < -0.3 is 10.4 Å². The Hall–Kier alpha value is -1.58. The van der Waals surface area contributed by atoms with Gasteiger partial charge in [-0.05, 0) is 31.4 Å². The van der Waals surface area contributed by atoms with E-state index in [1.807, 2.05) is 6.92 Å². The summed E-state index contributed by atoms with van der Waals surface area (Å²) < 4.78 is 0. The van der Waals surface area contributed by atoms with Crippen LogP contribution in [0.25, 0.3) is 0 Å². The second-order valence-corrected chi connectivity index (χ2v) is 3.81. The Morgan fingerprint density at radius 2 is 2.33 bits per heavy atom. The number of aromatic carboxylic acids is 1. The molecule has 0 amide bonds. The molecule has 0 saturated heterocycles. The smallest absolute Gasteiger partial charge is 0.335 e. The number of pyridine rings is 1. The summed E-state index contributed by atoms with van der Waals surface area (Å²) >= 11 is 0. The first-order valence-electron chi connectivity index (χ1n) is 5.20. The summed E-state index contributed by atoms with van der Waals surface area (Å²) in [4.78, 5) is 15.2. The second-order valence-electron chi connectivity index (χ2n) is 3.81. The molecule has 0 aliphatic heterocycles. The number of rotatable bonds is 4. The van der Waals surface area contributed by atoms with Crippen LogP contribution in [-0.2, 0) is 6.42 Å². The molecule has 1 heterocycles. The molecule has 1 aromatic rings. The van der Waals surface area contributed by atoms with Crippen LogP contribution in [0.2, 0.25) is 0 Å². The maximum Gasteiger partial charge on any atom is 0.335 e. The van der Waals surface area contributed by atoms with Crippen molar-refractivity contribution in [2.75, 3.05) is 5.32 Å². The number of anilines is 1. The van der Waals surface area contributed by atoms with Gasteiger partial charge >= 0.3 is 5.97 Å². The molecule has 0 bridgehead atoms. The molecule has 4 heteroatoms. The molecular formula is C11H14N2O2. The van der Waals surface area contributed by atoms with Crippen molar-refractivity contribution in [3.8, 4) is 0 Å². The Bertz CT molecular complexity index is 386. The van der Waals surface area contributed by atoms with Crippen LogP contribution >= 0.6 is 0 Å². The van der Waals surface area contributed by atoms with Crippen molar-refractivity contribution in [1.82, 2.24) is 4.98 Å². The van der Waals surface area contributed by atoms with Gasteiger partial charge in [-0.25, -0.2) is 9.78 Å². The van der Waals surface area contributed by atoms with Gasteiger partial charge in [0.25, 0.3) is 0 Å². The molecule has 1 aromatic heterocycles. The van der Waals surface area contributed by atoms with E-state index in [1.165, 1.54) is 0 Å². The zero-order valence-corrected chi connectivity index (χ0v) is 8.66. The number of carboxylic acids is 1. The molecule has 0 unspecified atom stereocenters. The van der Waals surface area contributed by atoms with E-state index < -0.39 is 5.97 Å². The number of carboxylic acid groups (broad SMARTS) is 1. The van der Waals surface area contributed by atoms with Gasteiger partial charge in [0.15, 0.2) is 0 Å². The van der Waals surface area contributed by atoms with Gasteiger partial charge in [0.05, 0.1) is 5.56 Å². The predicted octanol–water partition coefficient (Wildman–Crippen LogP) is 1.92. The Morgan fingerprint density at radius 3 is 2.87 bits per heavy atom. The van der Waals surface area contributed by atoms with Crippen LogP contribution in [0.1, 0.15) is 35.8 Å². The topological polar surface area (TPSA) is 62.2 Å². The van der Waals surface area contributed by atoms with Crippen molar-refractivity contribution in [2.45, 2.75) is 32.2 Å². The Labute approximate surface area is 88.3 Å². The molecule has 15 heavy (non-hydrogen) atoms. The molecule has 1 fully saturated rings. The van der Waals surface area contributed by atoms with Gasteiger partial charge in [-0.15, -0.1) is 0 Å². The third-order valence-electron chi connectivity index (χ3n) is 2.42. The molecule has 1 aliphatic carbocycles.